The summed E-state index contributed by atoms with van der Waals surface area (Å²) in [6, 6.07) is 5.31. The number of para-hydroxylation sites is 1. The van der Waals surface area contributed by atoms with E-state index in [-0.39, 0.29) is 6.61 Å². The molecule has 1 aromatic heterocycles. The van der Waals surface area contributed by atoms with E-state index in [0.29, 0.717) is 16.7 Å². The maximum Gasteiger partial charge on any atom is 0.167 e. The quantitative estimate of drug-likeness (QED) is 0.557. The molecule has 20 heavy (non-hydrogen) atoms. The first-order chi connectivity index (χ1) is 9.46. The van der Waals surface area contributed by atoms with Crippen molar-refractivity contribution in [2.45, 2.75) is 31.0 Å². The number of rotatable bonds is 2. The molecule has 0 radical (unpaired) electrons. The second-order valence-electron chi connectivity index (χ2n) is 5.25. The molecule has 3 rings (SSSR count). The molecule has 108 valence electrons. The Kier molecular flexibility index (Phi) is 2.94. The zero-order chi connectivity index (χ0) is 14.5. The summed E-state index contributed by atoms with van der Waals surface area (Å²) >= 11 is 0. The predicted molar refractivity (Wildman–Crippen MR) is 71.8 cm³/mol. The van der Waals surface area contributed by atoms with E-state index in [1.165, 1.54) is 13.3 Å². The molecule has 0 bridgehead atoms. The van der Waals surface area contributed by atoms with Crippen molar-refractivity contribution < 1.29 is 20.1 Å². The first kappa shape index (κ1) is 13.3. The normalized spacial score (nSPS) is 33.9. The Morgan fingerprint density at radius 2 is 2.25 bits per heavy atom. The van der Waals surface area contributed by atoms with Gasteiger partial charge in [-0.25, -0.2) is 4.98 Å². The zero-order valence-corrected chi connectivity index (χ0v) is 11.0. The zero-order valence-electron chi connectivity index (χ0n) is 11.0. The van der Waals surface area contributed by atoms with Crippen molar-refractivity contribution in [2.75, 3.05) is 12.3 Å². The summed E-state index contributed by atoms with van der Waals surface area (Å²) in [5.41, 5.74) is 6.14. The van der Waals surface area contributed by atoms with Crippen molar-refractivity contribution in [2.24, 2.45) is 0 Å². The Balaban J connectivity index is 2.10. The molecule has 0 aliphatic carbocycles. The smallest absolute Gasteiger partial charge is 0.167 e. The molecule has 0 amide bonds. The number of hydrogen-bond donors (Lipinski definition) is 4. The summed E-state index contributed by atoms with van der Waals surface area (Å²) < 4.78 is 7.18. The van der Waals surface area contributed by atoms with Gasteiger partial charge in [0.1, 0.15) is 23.3 Å². The Morgan fingerprint density at radius 3 is 2.90 bits per heavy atom. The number of hydrogen-bond acceptors (Lipinski definition) is 6. The van der Waals surface area contributed by atoms with Gasteiger partial charge in [-0.15, -0.1) is 0 Å². The minimum absolute atomic E-state index is 0.372. The van der Waals surface area contributed by atoms with Gasteiger partial charge in [0.2, 0.25) is 0 Å². The van der Waals surface area contributed by atoms with E-state index in [2.05, 4.69) is 4.98 Å². The number of nitrogens with two attached hydrogens (primary N) is 1. The number of nitrogens with zero attached hydrogens (tertiary/aromatic N) is 2. The van der Waals surface area contributed by atoms with Gasteiger partial charge in [-0.3, -0.25) is 0 Å². The highest BCUT2D eigenvalue weighted by Gasteiger charge is 2.53. The van der Waals surface area contributed by atoms with Crippen LogP contribution in [0.3, 0.4) is 0 Å². The fourth-order valence-electron chi connectivity index (χ4n) is 2.66. The molecule has 2 aromatic rings. The lowest BCUT2D eigenvalue weighted by molar-refractivity contribution is -0.0948. The number of aliphatic hydroxyl groups is 3. The van der Waals surface area contributed by atoms with Crippen LogP contribution in [-0.4, -0.2) is 49.3 Å². The monoisotopic (exact) mass is 279 g/mol. The molecule has 7 heteroatoms. The first-order valence-electron chi connectivity index (χ1n) is 6.34. The van der Waals surface area contributed by atoms with Crippen LogP contribution in [0.5, 0.6) is 0 Å². The molecule has 1 saturated heterocycles. The predicted octanol–water partition coefficient (Wildman–Crippen LogP) is -0.380. The summed E-state index contributed by atoms with van der Waals surface area (Å²) in [6.07, 6.45) is -1.36. The average Bonchev–Trinajstić information content (AvgIpc) is 2.92. The molecule has 0 spiro atoms. The molecule has 1 fully saturated rings. The highest BCUT2D eigenvalue weighted by atomic mass is 16.6. The van der Waals surface area contributed by atoms with Crippen molar-refractivity contribution >= 4 is 16.7 Å². The molecule has 4 atom stereocenters. The Labute approximate surface area is 115 Å². The van der Waals surface area contributed by atoms with Gasteiger partial charge in [0.05, 0.1) is 24.1 Å². The molecule has 1 aromatic carbocycles. The third kappa shape index (κ3) is 1.71. The topological polar surface area (TPSA) is 114 Å². The summed E-state index contributed by atoms with van der Waals surface area (Å²) in [5, 5.41) is 29.7. The summed E-state index contributed by atoms with van der Waals surface area (Å²) in [6.45, 7) is 1.10. The number of fused-ring (bicyclic) bond motifs is 1. The molecule has 1 aliphatic rings. The number of nitrogen functional groups attached to an aromatic ring is 1. The Hall–Kier alpha value is -1.67. The number of aromatic nitrogens is 2. The van der Waals surface area contributed by atoms with E-state index in [1.807, 2.05) is 0 Å². The first-order valence-corrected chi connectivity index (χ1v) is 6.34. The Bertz CT molecular complexity index is 640. The SMILES string of the molecule is CC1(O)C(O)C(CO)OC1n1cnc2c(N)cccc21. The van der Waals surface area contributed by atoms with E-state index < -0.39 is 24.0 Å². The van der Waals surface area contributed by atoms with Crippen molar-refractivity contribution in [1.29, 1.82) is 0 Å². The average molecular weight is 279 g/mol. The van der Waals surface area contributed by atoms with Gasteiger partial charge in [0, 0.05) is 0 Å². The number of ether oxygens (including phenoxy) is 1. The minimum Gasteiger partial charge on any atom is -0.397 e. The van der Waals surface area contributed by atoms with Gasteiger partial charge in [-0.05, 0) is 19.1 Å². The molecule has 0 saturated carbocycles. The highest BCUT2D eigenvalue weighted by molar-refractivity contribution is 5.87. The summed E-state index contributed by atoms with van der Waals surface area (Å²) in [7, 11) is 0. The molecular weight excluding hydrogens is 262 g/mol. The summed E-state index contributed by atoms with van der Waals surface area (Å²) in [5.74, 6) is 0. The van der Waals surface area contributed by atoms with Crippen molar-refractivity contribution in [3.8, 4) is 0 Å². The van der Waals surface area contributed by atoms with Crippen molar-refractivity contribution in [3.63, 3.8) is 0 Å². The van der Waals surface area contributed by atoms with Crippen LogP contribution in [0.25, 0.3) is 11.0 Å². The van der Waals surface area contributed by atoms with Crippen LogP contribution in [0.15, 0.2) is 24.5 Å². The van der Waals surface area contributed by atoms with Gasteiger partial charge in [-0.2, -0.15) is 0 Å². The number of anilines is 1. The fraction of sp³-hybridized carbons (Fsp3) is 0.462. The molecule has 1 aliphatic heterocycles. The molecule has 2 heterocycles. The maximum absolute atomic E-state index is 10.5. The van der Waals surface area contributed by atoms with Gasteiger partial charge in [0.25, 0.3) is 0 Å². The summed E-state index contributed by atoms with van der Waals surface area (Å²) in [4.78, 5) is 4.21. The van der Waals surface area contributed by atoms with Crippen LogP contribution in [0, 0.1) is 0 Å². The van der Waals surface area contributed by atoms with Crippen LogP contribution in [0.1, 0.15) is 13.2 Å². The number of aliphatic hydroxyl groups excluding tert-OH is 2. The standard InChI is InChI=1S/C13H17N3O4/c1-13(19)11(18)9(5-17)20-12(13)16-6-15-10-7(14)3-2-4-8(10)16/h2-4,6,9,11-12,17-19H,5,14H2,1H3. The molecule has 5 N–H and O–H groups in total. The van der Waals surface area contributed by atoms with E-state index in [4.69, 9.17) is 10.5 Å². The van der Waals surface area contributed by atoms with Crippen LogP contribution in [0.2, 0.25) is 0 Å². The van der Waals surface area contributed by atoms with E-state index >= 15 is 0 Å². The van der Waals surface area contributed by atoms with Crippen molar-refractivity contribution in [3.05, 3.63) is 24.5 Å². The van der Waals surface area contributed by atoms with Crippen LogP contribution < -0.4 is 5.73 Å². The van der Waals surface area contributed by atoms with Crippen LogP contribution in [0.4, 0.5) is 5.69 Å². The van der Waals surface area contributed by atoms with Gasteiger partial charge in [-0.1, -0.05) is 6.07 Å². The second kappa shape index (κ2) is 4.42. The van der Waals surface area contributed by atoms with Gasteiger partial charge >= 0.3 is 0 Å². The third-order valence-corrected chi connectivity index (χ3v) is 3.82. The molecule has 4 unspecified atom stereocenters. The minimum atomic E-state index is -1.54. The van der Waals surface area contributed by atoms with E-state index in [0.717, 1.165) is 0 Å². The molecule has 7 nitrogen and oxygen atoms in total. The van der Waals surface area contributed by atoms with Gasteiger partial charge < -0.3 is 30.4 Å². The van der Waals surface area contributed by atoms with Crippen LogP contribution in [-0.2, 0) is 4.74 Å². The van der Waals surface area contributed by atoms with E-state index in [1.54, 1.807) is 22.8 Å². The fourth-order valence-corrected chi connectivity index (χ4v) is 2.66. The maximum atomic E-state index is 10.5. The second-order valence-corrected chi connectivity index (χ2v) is 5.25. The Morgan fingerprint density at radius 1 is 1.50 bits per heavy atom. The van der Waals surface area contributed by atoms with Crippen LogP contribution >= 0.6 is 0 Å². The number of benzene rings is 1. The largest absolute Gasteiger partial charge is 0.397 e. The number of imidazole rings is 1. The highest BCUT2D eigenvalue weighted by Crippen LogP contribution is 2.39. The lowest BCUT2D eigenvalue weighted by Gasteiger charge is -2.27. The van der Waals surface area contributed by atoms with E-state index in [9.17, 15) is 15.3 Å². The van der Waals surface area contributed by atoms with Crippen molar-refractivity contribution in [1.82, 2.24) is 9.55 Å². The molecular formula is C13H17N3O4. The lowest BCUT2D eigenvalue weighted by atomic mass is 9.96. The lowest BCUT2D eigenvalue weighted by Crippen LogP contribution is -2.44. The van der Waals surface area contributed by atoms with Gasteiger partial charge in [0.15, 0.2) is 6.23 Å². The third-order valence-electron chi connectivity index (χ3n) is 3.82.